The molecule has 0 aliphatic carbocycles. The molecule has 7 nitrogen and oxygen atoms in total. The second kappa shape index (κ2) is 7.73. The Bertz CT molecular complexity index is 1010. The monoisotopic (exact) mass is 401 g/mol. The van der Waals surface area contributed by atoms with E-state index in [1.807, 2.05) is 13.8 Å². The number of carbonyl (C=O) groups is 2. The first-order valence-corrected chi connectivity index (χ1v) is 10.4. The van der Waals surface area contributed by atoms with Crippen molar-refractivity contribution in [3.63, 3.8) is 0 Å². The van der Waals surface area contributed by atoms with Crippen molar-refractivity contribution in [2.24, 2.45) is 5.73 Å². The van der Waals surface area contributed by atoms with Crippen molar-refractivity contribution >= 4 is 21.8 Å². The summed E-state index contributed by atoms with van der Waals surface area (Å²) in [6, 6.07) is 11.2. The van der Waals surface area contributed by atoms with Crippen LogP contribution in [0.4, 0.5) is 0 Å². The van der Waals surface area contributed by atoms with Crippen LogP contribution in [0.3, 0.4) is 0 Å². The van der Waals surface area contributed by atoms with Crippen LogP contribution in [0, 0.1) is 13.8 Å². The van der Waals surface area contributed by atoms with Gasteiger partial charge in [-0.2, -0.15) is 4.31 Å². The quantitative estimate of drug-likeness (QED) is 0.840. The van der Waals surface area contributed by atoms with E-state index >= 15 is 0 Å². The molecule has 28 heavy (non-hydrogen) atoms. The zero-order valence-electron chi connectivity index (χ0n) is 15.9. The van der Waals surface area contributed by atoms with Crippen molar-refractivity contribution in [1.82, 2.24) is 9.21 Å². The molecule has 1 fully saturated rings. The summed E-state index contributed by atoms with van der Waals surface area (Å²) < 4.78 is 27.2. The van der Waals surface area contributed by atoms with Crippen molar-refractivity contribution in [2.75, 3.05) is 26.2 Å². The van der Waals surface area contributed by atoms with Gasteiger partial charge in [-0.3, -0.25) is 9.59 Å². The van der Waals surface area contributed by atoms with Crippen LogP contribution < -0.4 is 5.73 Å². The van der Waals surface area contributed by atoms with Crippen molar-refractivity contribution < 1.29 is 18.0 Å². The van der Waals surface area contributed by atoms with Gasteiger partial charge in [-0.05, 0) is 61.4 Å². The molecule has 0 spiro atoms. The lowest BCUT2D eigenvalue weighted by atomic mass is 10.1. The zero-order valence-corrected chi connectivity index (χ0v) is 16.7. The molecule has 3 rings (SSSR count). The second-order valence-electron chi connectivity index (χ2n) is 6.88. The highest BCUT2D eigenvalue weighted by atomic mass is 32.2. The van der Waals surface area contributed by atoms with Crippen LogP contribution in [-0.2, 0) is 10.0 Å². The van der Waals surface area contributed by atoms with Gasteiger partial charge in [0.2, 0.25) is 15.9 Å². The van der Waals surface area contributed by atoms with E-state index in [1.165, 1.54) is 16.4 Å². The molecule has 1 saturated heterocycles. The van der Waals surface area contributed by atoms with Gasteiger partial charge in [-0.25, -0.2) is 8.42 Å². The number of hydrogen-bond donors (Lipinski definition) is 1. The third-order valence-corrected chi connectivity index (χ3v) is 6.95. The molecule has 1 aliphatic heterocycles. The summed E-state index contributed by atoms with van der Waals surface area (Å²) >= 11 is 0. The number of nitrogens with zero attached hydrogens (tertiary/aromatic N) is 2. The summed E-state index contributed by atoms with van der Waals surface area (Å²) in [6.45, 7) is 4.91. The first-order valence-electron chi connectivity index (χ1n) is 8.96. The van der Waals surface area contributed by atoms with Crippen molar-refractivity contribution in [2.45, 2.75) is 18.7 Å². The molecule has 0 radical (unpaired) electrons. The van der Waals surface area contributed by atoms with Crippen molar-refractivity contribution in [1.29, 1.82) is 0 Å². The molecular formula is C20H23N3O4S. The van der Waals surface area contributed by atoms with Crippen LogP contribution in [0.2, 0.25) is 0 Å². The number of aryl methyl sites for hydroxylation is 2. The first-order chi connectivity index (χ1) is 13.2. The third kappa shape index (κ3) is 3.93. The van der Waals surface area contributed by atoms with E-state index < -0.39 is 15.9 Å². The third-order valence-electron chi connectivity index (χ3n) is 5.06. The average molecular weight is 401 g/mol. The normalized spacial score (nSPS) is 15.4. The van der Waals surface area contributed by atoms with Crippen LogP contribution in [0.25, 0.3) is 0 Å². The maximum atomic E-state index is 12.9. The Morgan fingerprint density at radius 2 is 1.43 bits per heavy atom. The van der Waals surface area contributed by atoms with E-state index in [4.69, 9.17) is 5.73 Å². The number of rotatable bonds is 4. The topological polar surface area (TPSA) is 101 Å². The van der Waals surface area contributed by atoms with Gasteiger partial charge in [0.15, 0.2) is 0 Å². The molecule has 0 aromatic heterocycles. The molecule has 2 N–H and O–H groups in total. The minimum absolute atomic E-state index is 0.195. The molecule has 1 heterocycles. The van der Waals surface area contributed by atoms with Gasteiger partial charge in [-0.1, -0.05) is 6.07 Å². The Balaban J connectivity index is 1.68. The molecule has 2 aromatic carbocycles. The Hall–Kier alpha value is -2.71. The SMILES string of the molecule is Cc1ccc(S(=O)(=O)N2CCN(C(=O)c3ccc(C(N)=O)cc3)CC2)cc1C. The maximum Gasteiger partial charge on any atom is 0.253 e. The molecule has 0 bridgehead atoms. The van der Waals surface area contributed by atoms with E-state index in [0.717, 1.165) is 11.1 Å². The maximum absolute atomic E-state index is 12.9. The van der Waals surface area contributed by atoms with Crippen molar-refractivity contribution in [3.8, 4) is 0 Å². The summed E-state index contributed by atoms with van der Waals surface area (Å²) in [7, 11) is -3.59. The number of nitrogens with two attached hydrogens (primary N) is 1. The fourth-order valence-electron chi connectivity index (χ4n) is 3.11. The number of piperazine rings is 1. The standard InChI is InChI=1S/C20H23N3O4S/c1-14-3-8-18(13-15(14)2)28(26,27)23-11-9-22(10-12-23)20(25)17-6-4-16(5-7-17)19(21)24/h3-8,13H,9-12H2,1-2H3,(H2,21,24). The van der Waals surface area contributed by atoms with Crippen LogP contribution >= 0.6 is 0 Å². The molecule has 1 aliphatic rings. The minimum Gasteiger partial charge on any atom is -0.366 e. The number of primary amides is 1. The lowest BCUT2D eigenvalue weighted by molar-refractivity contribution is 0.0697. The van der Waals surface area contributed by atoms with Gasteiger partial charge >= 0.3 is 0 Å². The Labute approximate surface area is 164 Å². The van der Waals surface area contributed by atoms with Gasteiger partial charge in [0.1, 0.15) is 0 Å². The van der Waals surface area contributed by atoms with Crippen molar-refractivity contribution in [3.05, 3.63) is 64.7 Å². The van der Waals surface area contributed by atoms with Gasteiger partial charge in [0.05, 0.1) is 4.90 Å². The fraction of sp³-hybridized carbons (Fsp3) is 0.300. The predicted molar refractivity (Wildman–Crippen MR) is 106 cm³/mol. The Morgan fingerprint density at radius 1 is 0.857 bits per heavy atom. The summed E-state index contributed by atoms with van der Waals surface area (Å²) in [5.74, 6) is -0.747. The largest absolute Gasteiger partial charge is 0.366 e. The highest BCUT2D eigenvalue weighted by Gasteiger charge is 2.30. The molecule has 8 heteroatoms. The lowest BCUT2D eigenvalue weighted by Gasteiger charge is -2.34. The van der Waals surface area contributed by atoms with Gasteiger partial charge in [-0.15, -0.1) is 0 Å². The molecule has 0 unspecified atom stereocenters. The summed E-state index contributed by atoms with van der Waals surface area (Å²) in [6.07, 6.45) is 0. The van der Waals surface area contributed by atoms with E-state index in [2.05, 4.69) is 0 Å². The van der Waals surface area contributed by atoms with Gasteiger partial charge in [0.25, 0.3) is 5.91 Å². The minimum atomic E-state index is -3.59. The van der Waals surface area contributed by atoms with E-state index in [-0.39, 0.29) is 23.9 Å². The molecule has 2 aromatic rings. The molecule has 148 valence electrons. The summed E-state index contributed by atoms with van der Waals surface area (Å²) in [4.78, 5) is 25.7. The highest BCUT2D eigenvalue weighted by Crippen LogP contribution is 2.21. The Kier molecular flexibility index (Phi) is 5.53. The number of amides is 2. The predicted octanol–water partition coefficient (Wildman–Crippen LogP) is 1.55. The number of sulfonamides is 1. The van der Waals surface area contributed by atoms with Gasteiger partial charge < -0.3 is 10.6 Å². The summed E-state index contributed by atoms with van der Waals surface area (Å²) in [5.41, 5.74) is 7.95. The fourth-order valence-corrected chi connectivity index (χ4v) is 4.62. The molecule has 2 amide bonds. The lowest BCUT2D eigenvalue weighted by Crippen LogP contribution is -2.50. The van der Waals surface area contributed by atoms with E-state index in [0.29, 0.717) is 24.2 Å². The summed E-state index contributed by atoms with van der Waals surface area (Å²) in [5, 5.41) is 0. The van der Waals surface area contributed by atoms with Crippen LogP contribution in [0.15, 0.2) is 47.4 Å². The average Bonchev–Trinajstić information content (AvgIpc) is 2.69. The highest BCUT2D eigenvalue weighted by molar-refractivity contribution is 7.89. The van der Waals surface area contributed by atoms with Crippen LogP contribution in [-0.4, -0.2) is 55.6 Å². The smallest absolute Gasteiger partial charge is 0.253 e. The molecule has 0 saturated carbocycles. The Morgan fingerprint density at radius 3 is 1.96 bits per heavy atom. The molecular weight excluding hydrogens is 378 g/mol. The van der Waals surface area contributed by atoms with Gasteiger partial charge in [0, 0.05) is 37.3 Å². The zero-order chi connectivity index (χ0) is 20.5. The number of benzene rings is 2. The first kappa shape index (κ1) is 20.0. The van der Waals surface area contributed by atoms with E-state index in [1.54, 1.807) is 35.2 Å². The van der Waals surface area contributed by atoms with Crippen LogP contribution in [0.1, 0.15) is 31.8 Å². The van der Waals surface area contributed by atoms with Crippen LogP contribution in [0.5, 0.6) is 0 Å². The number of carbonyl (C=O) groups excluding carboxylic acids is 2. The second-order valence-corrected chi connectivity index (χ2v) is 8.82. The number of hydrogen-bond acceptors (Lipinski definition) is 4. The molecule has 0 atom stereocenters. The van der Waals surface area contributed by atoms with E-state index in [9.17, 15) is 18.0 Å².